The maximum Gasteiger partial charge on any atom is 0.185 e. The van der Waals surface area contributed by atoms with Crippen molar-refractivity contribution in [3.05, 3.63) is 64.8 Å². The number of alkyl halides is 1. The molecule has 1 aromatic carbocycles. The molecule has 0 radical (unpaired) electrons. The van der Waals surface area contributed by atoms with E-state index in [9.17, 15) is 8.42 Å². The predicted molar refractivity (Wildman–Crippen MR) is 137 cm³/mol. The van der Waals surface area contributed by atoms with Crippen molar-refractivity contribution in [2.24, 2.45) is 5.92 Å². The Hall–Kier alpha value is -1.32. The van der Waals surface area contributed by atoms with Gasteiger partial charge in [0.15, 0.2) is 9.84 Å². The lowest BCUT2D eigenvalue weighted by Gasteiger charge is -2.17. The summed E-state index contributed by atoms with van der Waals surface area (Å²) >= 11 is 5.85. The zero-order valence-electron chi connectivity index (χ0n) is 20.2. The van der Waals surface area contributed by atoms with Crippen LogP contribution in [0.4, 0.5) is 0 Å². The van der Waals surface area contributed by atoms with Crippen molar-refractivity contribution >= 4 is 21.4 Å². The highest BCUT2D eigenvalue weighted by atomic mass is 35.5. The second-order valence-corrected chi connectivity index (χ2v) is 11.4. The molecule has 2 unspecified atom stereocenters. The molecule has 0 spiro atoms. The van der Waals surface area contributed by atoms with Crippen LogP contribution in [0.1, 0.15) is 78.7 Å². The lowest BCUT2D eigenvalue weighted by atomic mass is 10.0. The Kier molecular flexibility index (Phi) is 12.5. The fourth-order valence-electron chi connectivity index (χ4n) is 3.38. The van der Waals surface area contributed by atoms with E-state index in [1.54, 1.807) is 12.1 Å². The average Bonchev–Trinajstić information content (AvgIpc) is 2.73. The van der Waals surface area contributed by atoms with Crippen molar-refractivity contribution in [3.8, 4) is 0 Å². The molecule has 2 nitrogen and oxygen atoms in total. The van der Waals surface area contributed by atoms with E-state index < -0.39 is 15.1 Å². The summed E-state index contributed by atoms with van der Waals surface area (Å²) < 4.78 is 26.9. The maximum atomic E-state index is 13.5. The number of sulfone groups is 1. The highest BCUT2D eigenvalue weighted by Crippen LogP contribution is 2.25. The van der Waals surface area contributed by atoms with Gasteiger partial charge in [0.1, 0.15) is 0 Å². The third kappa shape index (κ3) is 10.2. The van der Waals surface area contributed by atoms with Crippen LogP contribution in [0.3, 0.4) is 0 Å². The predicted octanol–water partition coefficient (Wildman–Crippen LogP) is 8.21. The van der Waals surface area contributed by atoms with Gasteiger partial charge in [-0.3, -0.25) is 0 Å². The van der Waals surface area contributed by atoms with Gasteiger partial charge in [0, 0.05) is 5.88 Å². The van der Waals surface area contributed by atoms with Crippen molar-refractivity contribution in [2.75, 3.05) is 5.88 Å². The molecule has 0 aliphatic carbocycles. The van der Waals surface area contributed by atoms with Gasteiger partial charge in [-0.2, -0.15) is 0 Å². The molecular formula is C27H41ClO2S. The lowest BCUT2D eigenvalue weighted by molar-refractivity contribution is 0.520. The first-order chi connectivity index (χ1) is 14.6. The SMILES string of the molecule is CCC(C)CCC=C(C)CC(C=C(C)CCC=C(C)CCl)S(=O)(=O)c1ccc(C)cc1. The second-order valence-electron chi connectivity index (χ2n) is 8.98. The molecule has 0 saturated heterocycles. The quantitative estimate of drug-likeness (QED) is 0.217. The molecular weight excluding hydrogens is 424 g/mol. The van der Waals surface area contributed by atoms with Gasteiger partial charge >= 0.3 is 0 Å². The Balaban J connectivity index is 3.10. The first-order valence-electron chi connectivity index (χ1n) is 11.4. The van der Waals surface area contributed by atoms with Crippen LogP contribution in [0.2, 0.25) is 0 Å². The molecule has 2 atom stereocenters. The van der Waals surface area contributed by atoms with Crippen LogP contribution in [0.15, 0.2) is 64.1 Å². The standard InChI is InChI=1S/C27H41ClO2S/c1-7-21(2)10-8-11-23(4)18-27(19-24(5)12-9-13-25(6)20-28)31(29,30)26-16-14-22(3)15-17-26/h11,13-17,19,21,27H,7-10,12,18,20H2,1-6H3. The molecule has 1 rings (SSSR count). The molecule has 0 aliphatic rings. The largest absolute Gasteiger partial charge is 0.223 e. The van der Waals surface area contributed by atoms with Gasteiger partial charge in [0.2, 0.25) is 0 Å². The second kappa shape index (κ2) is 14.0. The van der Waals surface area contributed by atoms with Crippen molar-refractivity contribution < 1.29 is 8.42 Å². The van der Waals surface area contributed by atoms with Crippen LogP contribution in [-0.2, 0) is 9.84 Å². The van der Waals surface area contributed by atoms with Gasteiger partial charge < -0.3 is 0 Å². The Morgan fingerprint density at radius 2 is 1.61 bits per heavy atom. The molecule has 0 N–H and O–H groups in total. The van der Waals surface area contributed by atoms with E-state index in [-0.39, 0.29) is 0 Å². The first-order valence-corrected chi connectivity index (χ1v) is 13.5. The molecule has 31 heavy (non-hydrogen) atoms. The summed E-state index contributed by atoms with van der Waals surface area (Å²) in [6.07, 6.45) is 11.9. The van der Waals surface area contributed by atoms with Crippen molar-refractivity contribution in [3.63, 3.8) is 0 Å². The third-order valence-corrected chi connectivity index (χ3v) is 8.28. The van der Waals surface area contributed by atoms with Crippen molar-refractivity contribution in [1.82, 2.24) is 0 Å². The fraction of sp³-hybridized carbons (Fsp3) is 0.556. The molecule has 1 aromatic rings. The highest BCUT2D eigenvalue weighted by Gasteiger charge is 2.26. The van der Waals surface area contributed by atoms with Crippen LogP contribution in [-0.4, -0.2) is 19.5 Å². The minimum atomic E-state index is -3.45. The third-order valence-electron chi connectivity index (χ3n) is 5.83. The summed E-state index contributed by atoms with van der Waals surface area (Å²) in [4.78, 5) is 0.400. The average molecular weight is 465 g/mol. The van der Waals surface area contributed by atoms with E-state index in [0.717, 1.165) is 48.0 Å². The van der Waals surface area contributed by atoms with E-state index >= 15 is 0 Å². The smallest absolute Gasteiger partial charge is 0.185 e. The van der Waals surface area contributed by atoms with Gasteiger partial charge in [0.05, 0.1) is 10.1 Å². The number of aryl methyl sites for hydroxylation is 1. The summed E-state index contributed by atoms with van der Waals surface area (Å²) in [7, 11) is -3.45. The van der Waals surface area contributed by atoms with Crippen LogP contribution >= 0.6 is 11.6 Å². The molecule has 0 bridgehead atoms. The molecule has 0 saturated carbocycles. The number of hydrogen-bond donors (Lipinski definition) is 0. The lowest BCUT2D eigenvalue weighted by Crippen LogP contribution is -2.20. The fourth-order valence-corrected chi connectivity index (χ4v) is 5.25. The monoisotopic (exact) mass is 464 g/mol. The van der Waals surface area contributed by atoms with Gasteiger partial charge in [-0.25, -0.2) is 8.42 Å². The number of hydrogen-bond acceptors (Lipinski definition) is 2. The highest BCUT2D eigenvalue weighted by molar-refractivity contribution is 7.92. The van der Waals surface area contributed by atoms with Crippen molar-refractivity contribution in [2.45, 2.75) is 90.2 Å². The number of halogens is 1. The molecule has 0 fully saturated rings. The summed E-state index contributed by atoms with van der Waals surface area (Å²) in [6.45, 7) is 12.6. The molecule has 0 heterocycles. The summed E-state index contributed by atoms with van der Waals surface area (Å²) in [5.41, 5.74) is 4.46. The number of rotatable bonds is 13. The van der Waals surface area contributed by atoms with E-state index in [1.807, 2.05) is 39.0 Å². The minimum absolute atomic E-state index is 0.400. The van der Waals surface area contributed by atoms with Gasteiger partial charge in [-0.15, -0.1) is 11.6 Å². The number of allylic oxidation sites excluding steroid dienone is 5. The Morgan fingerprint density at radius 3 is 2.19 bits per heavy atom. The van der Waals surface area contributed by atoms with Crippen LogP contribution in [0, 0.1) is 12.8 Å². The number of benzene rings is 1. The zero-order valence-corrected chi connectivity index (χ0v) is 21.8. The van der Waals surface area contributed by atoms with E-state index in [2.05, 4.69) is 32.9 Å². The topological polar surface area (TPSA) is 34.1 Å². The summed E-state index contributed by atoms with van der Waals surface area (Å²) in [5, 5.41) is -0.548. The summed E-state index contributed by atoms with van der Waals surface area (Å²) in [5.74, 6) is 1.23. The molecule has 0 amide bonds. The summed E-state index contributed by atoms with van der Waals surface area (Å²) in [6, 6.07) is 7.20. The normalized spacial score (nSPS) is 15.8. The van der Waals surface area contributed by atoms with Crippen LogP contribution in [0.5, 0.6) is 0 Å². The van der Waals surface area contributed by atoms with Crippen LogP contribution < -0.4 is 0 Å². The molecule has 0 aliphatic heterocycles. The van der Waals surface area contributed by atoms with E-state index in [0.29, 0.717) is 23.1 Å². The van der Waals surface area contributed by atoms with Gasteiger partial charge in [-0.1, -0.05) is 72.9 Å². The van der Waals surface area contributed by atoms with E-state index in [4.69, 9.17) is 11.6 Å². The van der Waals surface area contributed by atoms with Crippen molar-refractivity contribution in [1.29, 1.82) is 0 Å². The van der Waals surface area contributed by atoms with Gasteiger partial charge in [0.25, 0.3) is 0 Å². The first kappa shape index (κ1) is 27.7. The van der Waals surface area contributed by atoms with Gasteiger partial charge in [-0.05, 0) is 77.8 Å². The Bertz CT molecular complexity index is 861. The molecule has 174 valence electrons. The molecule has 0 aromatic heterocycles. The minimum Gasteiger partial charge on any atom is -0.223 e. The molecule has 4 heteroatoms. The Morgan fingerprint density at radius 1 is 1.00 bits per heavy atom. The Labute approximate surface area is 196 Å². The van der Waals surface area contributed by atoms with Crippen LogP contribution in [0.25, 0.3) is 0 Å². The van der Waals surface area contributed by atoms with E-state index in [1.165, 1.54) is 6.42 Å². The zero-order chi connectivity index (χ0) is 23.4. The maximum absolute atomic E-state index is 13.5.